The van der Waals surface area contributed by atoms with E-state index in [0.717, 1.165) is 22.4 Å². The highest BCUT2D eigenvalue weighted by Crippen LogP contribution is 2.31. The van der Waals surface area contributed by atoms with Crippen molar-refractivity contribution in [2.75, 3.05) is 12.4 Å². The fraction of sp³-hybridized carbons (Fsp3) is 0.120. The van der Waals surface area contributed by atoms with Crippen molar-refractivity contribution < 1.29 is 9.53 Å². The molecule has 3 aromatic carbocycles. The maximum absolute atomic E-state index is 13.2. The van der Waals surface area contributed by atoms with Crippen LogP contribution in [0.15, 0.2) is 85.1 Å². The van der Waals surface area contributed by atoms with Gasteiger partial charge in [-0.05, 0) is 36.2 Å². The Kier molecular flexibility index (Phi) is 5.61. The number of benzene rings is 3. The van der Waals surface area contributed by atoms with Gasteiger partial charge in [0.25, 0.3) is 5.91 Å². The molecule has 0 saturated carbocycles. The molecule has 1 aromatic heterocycles. The summed E-state index contributed by atoms with van der Waals surface area (Å²) in [5.41, 5.74) is 4.76. The highest BCUT2D eigenvalue weighted by molar-refractivity contribution is 6.08. The number of anilines is 1. The first-order valence-electron chi connectivity index (χ1n) is 9.77. The third kappa shape index (κ3) is 4.10. The number of rotatable bonds is 6. The highest BCUT2D eigenvalue weighted by atomic mass is 16.5. The highest BCUT2D eigenvalue weighted by Gasteiger charge is 2.21. The van der Waals surface area contributed by atoms with Crippen molar-refractivity contribution >= 4 is 11.6 Å². The molecule has 1 N–H and O–H groups in total. The first-order valence-corrected chi connectivity index (χ1v) is 9.77. The normalized spacial score (nSPS) is 10.6. The fourth-order valence-electron chi connectivity index (χ4n) is 3.38. The molecule has 0 unspecified atom stereocenters. The number of para-hydroxylation sites is 2. The summed E-state index contributed by atoms with van der Waals surface area (Å²) in [6.45, 7) is 2.54. The molecule has 0 radical (unpaired) electrons. The van der Waals surface area contributed by atoms with E-state index < -0.39 is 0 Å². The van der Waals surface area contributed by atoms with Crippen molar-refractivity contribution in [3.8, 4) is 17.0 Å². The summed E-state index contributed by atoms with van der Waals surface area (Å²) in [4.78, 5) is 13.2. The second-order valence-corrected chi connectivity index (χ2v) is 7.04. The van der Waals surface area contributed by atoms with E-state index in [4.69, 9.17) is 9.84 Å². The molecule has 0 spiro atoms. The number of carbonyl (C=O) groups excluding carboxylic acids is 1. The Morgan fingerprint density at radius 2 is 1.67 bits per heavy atom. The van der Waals surface area contributed by atoms with Gasteiger partial charge >= 0.3 is 0 Å². The van der Waals surface area contributed by atoms with Gasteiger partial charge in [-0.2, -0.15) is 5.10 Å². The van der Waals surface area contributed by atoms with Gasteiger partial charge in [0.05, 0.1) is 19.2 Å². The van der Waals surface area contributed by atoms with Crippen LogP contribution in [0.25, 0.3) is 11.3 Å². The second kappa shape index (κ2) is 8.66. The van der Waals surface area contributed by atoms with Gasteiger partial charge in [-0.3, -0.25) is 9.48 Å². The number of hydrogen-bond acceptors (Lipinski definition) is 3. The fourth-order valence-corrected chi connectivity index (χ4v) is 3.38. The van der Waals surface area contributed by atoms with Crippen molar-refractivity contribution in [1.29, 1.82) is 0 Å². The van der Waals surface area contributed by atoms with E-state index in [2.05, 4.69) is 5.32 Å². The minimum Gasteiger partial charge on any atom is -0.496 e. The van der Waals surface area contributed by atoms with Crippen molar-refractivity contribution in [2.24, 2.45) is 0 Å². The Morgan fingerprint density at radius 1 is 0.967 bits per heavy atom. The molecular weight excluding hydrogens is 374 g/mol. The van der Waals surface area contributed by atoms with Crippen LogP contribution >= 0.6 is 0 Å². The van der Waals surface area contributed by atoms with E-state index >= 15 is 0 Å². The first kappa shape index (κ1) is 19.5. The third-order valence-electron chi connectivity index (χ3n) is 4.95. The quantitative estimate of drug-likeness (QED) is 0.488. The van der Waals surface area contributed by atoms with Gasteiger partial charge in [0.15, 0.2) is 0 Å². The molecule has 0 bridgehead atoms. The molecule has 1 amide bonds. The number of carbonyl (C=O) groups is 1. The lowest BCUT2D eigenvalue weighted by atomic mass is 10.1. The molecule has 5 nitrogen and oxygen atoms in total. The zero-order valence-corrected chi connectivity index (χ0v) is 17.0. The number of methoxy groups -OCH3 is 1. The SMILES string of the molecule is COc1ccccc1-c1nn(Cc2ccccc2)cc1C(=O)Nc1ccccc1C. The van der Waals surface area contributed by atoms with Crippen molar-refractivity contribution in [2.45, 2.75) is 13.5 Å². The average molecular weight is 397 g/mol. The van der Waals surface area contributed by atoms with Crippen molar-refractivity contribution in [3.63, 3.8) is 0 Å². The van der Waals surface area contributed by atoms with Crippen molar-refractivity contribution in [3.05, 3.63) is 102 Å². The first-order chi connectivity index (χ1) is 14.7. The number of ether oxygens (including phenoxy) is 1. The van der Waals surface area contributed by atoms with E-state index in [-0.39, 0.29) is 5.91 Å². The van der Waals surface area contributed by atoms with Crippen LogP contribution in [0.2, 0.25) is 0 Å². The lowest BCUT2D eigenvalue weighted by Crippen LogP contribution is -2.13. The number of amides is 1. The molecule has 0 aliphatic rings. The summed E-state index contributed by atoms with van der Waals surface area (Å²) in [5, 5.41) is 7.76. The maximum Gasteiger partial charge on any atom is 0.259 e. The monoisotopic (exact) mass is 397 g/mol. The van der Waals surface area contributed by atoms with E-state index in [1.807, 2.05) is 85.8 Å². The number of hydrogen-bond donors (Lipinski definition) is 1. The van der Waals surface area contributed by atoms with Crippen LogP contribution in [0.5, 0.6) is 5.75 Å². The molecule has 5 heteroatoms. The molecule has 0 fully saturated rings. The van der Waals surface area contributed by atoms with Gasteiger partial charge in [-0.15, -0.1) is 0 Å². The molecule has 0 aliphatic heterocycles. The molecule has 4 aromatic rings. The average Bonchev–Trinajstić information content (AvgIpc) is 3.19. The number of nitrogens with zero attached hydrogens (tertiary/aromatic N) is 2. The van der Waals surface area contributed by atoms with Crippen LogP contribution in [-0.4, -0.2) is 22.8 Å². The van der Waals surface area contributed by atoms with Gasteiger partial charge in [0.2, 0.25) is 0 Å². The molecule has 150 valence electrons. The molecule has 1 heterocycles. The van der Waals surface area contributed by atoms with Crippen LogP contribution in [0, 0.1) is 6.92 Å². The van der Waals surface area contributed by atoms with E-state index in [9.17, 15) is 4.79 Å². The topological polar surface area (TPSA) is 56.2 Å². The smallest absolute Gasteiger partial charge is 0.259 e. The predicted molar refractivity (Wildman–Crippen MR) is 119 cm³/mol. The molecule has 30 heavy (non-hydrogen) atoms. The van der Waals surface area contributed by atoms with Crippen LogP contribution in [-0.2, 0) is 6.54 Å². The molecule has 0 aliphatic carbocycles. The van der Waals surface area contributed by atoms with Gasteiger partial charge in [-0.1, -0.05) is 60.7 Å². The Morgan fingerprint density at radius 3 is 2.43 bits per heavy atom. The zero-order chi connectivity index (χ0) is 20.9. The third-order valence-corrected chi connectivity index (χ3v) is 4.95. The van der Waals surface area contributed by atoms with Crippen molar-refractivity contribution in [1.82, 2.24) is 9.78 Å². The van der Waals surface area contributed by atoms with Gasteiger partial charge in [-0.25, -0.2) is 0 Å². The Hall–Kier alpha value is -3.86. The Bertz CT molecular complexity index is 1170. The lowest BCUT2D eigenvalue weighted by Gasteiger charge is -2.10. The van der Waals surface area contributed by atoms with E-state index in [1.165, 1.54) is 0 Å². The van der Waals surface area contributed by atoms with Crippen LogP contribution in [0.4, 0.5) is 5.69 Å². The number of nitrogens with one attached hydrogen (secondary N) is 1. The Balaban J connectivity index is 1.75. The lowest BCUT2D eigenvalue weighted by molar-refractivity contribution is 0.102. The molecular formula is C25H23N3O2. The largest absolute Gasteiger partial charge is 0.496 e. The zero-order valence-electron chi connectivity index (χ0n) is 17.0. The van der Waals surface area contributed by atoms with Gasteiger partial charge in [0.1, 0.15) is 11.4 Å². The van der Waals surface area contributed by atoms with Crippen LogP contribution in [0.3, 0.4) is 0 Å². The number of aromatic nitrogens is 2. The Labute approximate surface area is 175 Å². The van der Waals surface area contributed by atoms with Crippen LogP contribution < -0.4 is 10.1 Å². The molecule has 0 atom stereocenters. The van der Waals surface area contributed by atoms with Gasteiger partial charge < -0.3 is 10.1 Å². The summed E-state index contributed by atoms with van der Waals surface area (Å²) in [6.07, 6.45) is 1.79. The van der Waals surface area contributed by atoms with E-state index in [1.54, 1.807) is 18.0 Å². The summed E-state index contributed by atoms with van der Waals surface area (Å²) in [5.74, 6) is 0.469. The maximum atomic E-state index is 13.2. The summed E-state index contributed by atoms with van der Waals surface area (Å²) < 4.78 is 7.31. The summed E-state index contributed by atoms with van der Waals surface area (Å²) in [6, 6.07) is 25.4. The molecule has 0 saturated heterocycles. The minimum absolute atomic E-state index is 0.204. The number of aryl methyl sites for hydroxylation is 1. The minimum atomic E-state index is -0.204. The summed E-state index contributed by atoms with van der Waals surface area (Å²) >= 11 is 0. The standard InChI is InChI=1S/C25H23N3O2/c1-18-10-6-8-14-22(18)26-25(29)21-17-28(16-19-11-4-3-5-12-19)27-24(21)20-13-7-9-15-23(20)30-2/h3-15,17H,16H2,1-2H3,(H,26,29). The predicted octanol–water partition coefficient (Wildman–Crippen LogP) is 5.17. The van der Waals surface area contributed by atoms with E-state index in [0.29, 0.717) is 23.6 Å². The van der Waals surface area contributed by atoms with Crippen LogP contribution in [0.1, 0.15) is 21.5 Å². The van der Waals surface area contributed by atoms with Gasteiger partial charge in [0, 0.05) is 17.4 Å². The second-order valence-electron chi connectivity index (χ2n) is 7.04. The summed E-state index contributed by atoms with van der Waals surface area (Å²) in [7, 11) is 1.62. The molecule has 4 rings (SSSR count).